The second-order valence-electron chi connectivity index (χ2n) is 3.18. The van der Waals surface area contributed by atoms with Gasteiger partial charge in [-0.1, -0.05) is 20.8 Å². The summed E-state index contributed by atoms with van der Waals surface area (Å²) in [4.78, 5) is 10.6. The summed E-state index contributed by atoms with van der Waals surface area (Å²) in [5.74, 6) is -0.180. The van der Waals surface area contributed by atoms with Crippen LogP contribution in [-0.4, -0.2) is 26.3 Å². The van der Waals surface area contributed by atoms with E-state index in [1.165, 1.54) is 0 Å². The van der Waals surface area contributed by atoms with E-state index in [4.69, 9.17) is 5.11 Å². The third-order valence-electron chi connectivity index (χ3n) is 1.46. The Bertz CT molecular complexity index is 177. The molecule has 0 spiro atoms. The summed E-state index contributed by atoms with van der Waals surface area (Å²) < 4.78 is 11.4. The highest BCUT2D eigenvalue weighted by molar-refractivity contribution is 7.86. The van der Waals surface area contributed by atoms with Crippen molar-refractivity contribution in [3.63, 3.8) is 0 Å². The number of hydrogen-bond acceptors (Lipinski definition) is 2. The molecule has 0 saturated carbocycles. The summed E-state index contributed by atoms with van der Waals surface area (Å²) in [5.41, 5.74) is 0. The van der Waals surface area contributed by atoms with Crippen LogP contribution < -0.4 is 0 Å². The maximum atomic E-state index is 11.4. The molecule has 0 aliphatic heterocycles. The molecule has 0 fully saturated rings. The van der Waals surface area contributed by atoms with Gasteiger partial charge in [-0.25, -0.2) is 0 Å². The molecule has 0 aromatic rings. The fraction of sp³-hybridized carbons (Fsp3) is 0.875. The molecule has 0 bridgehead atoms. The van der Waals surface area contributed by atoms with Crippen LogP contribution in [-0.2, 0) is 15.6 Å². The van der Waals surface area contributed by atoms with Crippen LogP contribution in [0.15, 0.2) is 0 Å². The predicted molar refractivity (Wildman–Crippen MR) is 49.6 cm³/mol. The molecule has 0 aliphatic rings. The molecule has 0 aromatic carbocycles. The Kier molecular flexibility index (Phi) is 5.13. The van der Waals surface area contributed by atoms with Crippen molar-refractivity contribution in [2.24, 2.45) is 5.92 Å². The van der Waals surface area contributed by atoms with Gasteiger partial charge >= 0.3 is 5.97 Å². The van der Waals surface area contributed by atoms with Gasteiger partial charge in [-0.15, -0.1) is 0 Å². The summed E-state index contributed by atoms with van der Waals surface area (Å²) in [6.45, 7) is 5.62. The van der Waals surface area contributed by atoms with Gasteiger partial charge in [0.2, 0.25) is 0 Å². The first-order chi connectivity index (χ1) is 5.49. The smallest absolute Gasteiger partial charge is 0.319 e. The molecule has 0 aromatic heterocycles. The van der Waals surface area contributed by atoms with Crippen LogP contribution in [0, 0.1) is 5.92 Å². The van der Waals surface area contributed by atoms with Crippen LogP contribution in [0.1, 0.15) is 27.2 Å². The highest BCUT2D eigenvalue weighted by Gasteiger charge is 2.22. The molecule has 0 radical (unpaired) electrons. The largest absolute Gasteiger partial charge is 0.480 e. The van der Waals surface area contributed by atoms with Crippen molar-refractivity contribution in [2.75, 3.05) is 5.75 Å². The predicted octanol–water partition coefficient (Wildman–Crippen LogP) is 1.25. The first-order valence-corrected chi connectivity index (χ1v) is 5.47. The molecule has 72 valence electrons. The fourth-order valence-electron chi connectivity index (χ4n) is 0.918. The first-order valence-electron chi connectivity index (χ1n) is 4.09. The van der Waals surface area contributed by atoms with E-state index in [0.29, 0.717) is 18.1 Å². The number of carboxylic acids is 1. The lowest BCUT2D eigenvalue weighted by molar-refractivity contribution is -0.136. The van der Waals surface area contributed by atoms with E-state index >= 15 is 0 Å². The van der Waals surface area contributed by atoms with Gasteiger partial charge in [-0.05, 0) is 12.3 Å². The number of hydrogen-bond donors (Lipinski definition) is 1. The maximum Gasteiger partial charge on any atom is 0.319 e. The van der Waals surface area contributed by atoms with Crippen LogP contribution in [0.2, 0.25) is 0 Å². The molecular formula is C8H16O3S. The lowest BCUT2D eigenvalue weighted by Crippen LogP contribution is -2.27. The maximum absolute atomic E-state index is 11.4. The van der Waals surface area contributed by atoms with Gasteiger partial charge < -0.3 is 5.11 Å². The van der Waals surface area contributed by atoms with Crippen LogP contribution in [0.4, 0.5) is 0 Å². The van der Waals surface area contributed by atoms with Gasteiger partial charge in [-0.2, -0.15) is 0 Å². The fourth-order valence-corrected chi connectivity index (χ4v) is 2.40. The van der Waals surface area contributed by atoms with Crippen LogP contribution in [0.5, 0.6) is 0 Å². The molecule has 0 saturated heterocycles. The average Bonchev–Trinajstić information content (AvgIpc) is 1.85. The van der Waals surface area contributed by atoms with Gasteiger partial charge in [0.05, 0.1) is 0 Å². The van der Waals surface area contributed by atoms with E-state index in [1.54, 1.807) is 6.92 Å². The molecule has 2 unspecified atom stereocenters. The molecule has 0 rings (SSSR count). The average molecular weight is 192 g/mol. The molecule has 2 atom stereocenters. The molecule has 0 amide bonds. The SMILES string of the molecule is CCC(C(=O)O)S(=O)CC(C)C. The normalized spacial score (nSPS) is 16.0. The third-order valence-corrected chi connectivity index (χ3v) is 3.63. The summed E-state index contributed by atoms with van der Waals surface area (Å²) >= 11 is 0. The van der Waals surface area contributed by atoms with E-state index in [9.17, 15) is 9.00 Å². The third kappa shape index (κ3) is 3.85. The zero-order chi connectivity index (χ0) is 9.72. The second-order valence-corrected chi connectivity index (χ2v) is 4.84. The Hall–Kier alpha value is -0.380. The van der Waals surface area contributed by atoms with Gasteiger partial charge in [0.1, 0.15) is 5.25 Å². The molecule has 1 N–H and O–H groups in total. The van der Waals surface area contributed by atoms with Gasteiger partial charge in [0.15, 0.2) is 0 Å². The Balaban J connectivity index is 4.13. The summed E-state index contributed by atoms with van der Waals surface area (Å²) in [5, 5.41) is 7.98. The number of carboxylic acid groups (broad SMARTS) is 1. The lowest BCUT2D eigenvalue weighted by Gasteiger charge is -2.10. The Morgan fingerprint density at radius 1 is 1.50 bits per heavy atom. The molecular weight excluding hydrogens is 176 g/mol. The van der Waals surface area contributed by atoms with E-state index in [0.717, 1.165) is 0 Å². The second kappa shape index (κ2) is 5.30. The van der Waals surface area contributed by atoms with Crippen LogP contribution in [0.3, 0.4) is 0 Å². The molecule has 0 aliphatic carbocycles. The molecule has 3 nitrogen and oxygen atoms in total. The lowest BCUT2D eigenvalue weighted by atomic mass is 10.3. The minimum absolute atomic E-state index is 0.291. The highest BCUT2D eigenvalue weighted by atomic mass is 32.2. The van der Waals surface area contributed by atoms with Crippen molar-refractivity contribution in [3.05, 3.63) is 0 Å². The van der Waals surface area contributed by atoms with Gasteiger partial charge in [-0.3, -0.25) is 9.00 Å². The van der Waals surface area contributed by atoms with Crippen LogP contribution >= 0.6 is 0 Å². The first kappa shape index (κ1) is 11.6. The van der Waals surface area contributed by atoms with Crippen molar-refractivity contribution in [1.82, 2.24) is 0 Å². The van der Waals surface area contributed by atoms with E-state index in [1.807, 2.05) is 13.8 Å². The topological polar surface area (TPSA) is 54.4 Å². The van der Waals surface area contributed by atoms with Crippen molar-refractivity contribution in [3.8, 4) is 0 Å². The van der Waals surface area contributed by atoms with Gasteiger partial charge in [0, 0.05) is 16.6 Å². The minimum atomic E-state index is -1.22. The Morgan fingerprint density at radius 2 is 2.00 bits per heavy atom. The van der Waals surface area contributed by atoms with Crippen molar-refractivity contribution in [1.29, 1.82) is 0 Å². The van der Waals surface area contributed by atoms with Crippen LogP contribution in [0.25, 0.3) is 0 Å². The van der Waals surface area contributed by atoms with Crippen molar-refractivity contribution in [2.45, 2.75) is 32.4 Å². The van der Waals surface area contributed by atoms with Gasteiger partial charge in [0.25, 0.3) is 0 Å². The monoisotopic (exact) mass is 192 g/mol. The van der Waals surface area contributed by atoms with E-state index < -0.39 is 22.0 Å². The number of aliphatic carboxylic acids is 1. The van der Waals surface area contributed by atoms with Crippen molar-refractivity contribution >= 4 is 16.8 Å². The summed E-state index contributed by atoms with van der Waals surface area (Å²) in [6.07, 6.45) is 0.439. The molecule has 4 heteroatoms. The number of rotatable bonds is 5. The standard InChI is InChI=1S/C8H16O3S/c1-4-7(8(9)10)12(11)5-6(2)3/h6-7H,4-5H2,1-3H3,(H,9,10). The Labute approximate surface area is 75.6 Å². The van der Waals surface area contributed by atoms with E-state index in [-0.39, 0.29) is 0 Å². The quantitative estimate of drug-likeness (QED) is 0.713. The van der Waals surface area contributed by atoms with E-state index in [2.05, 4.69) is 0 Å². The molecule has 12 heavy (non-hydrogen) atoms. The van der Waals surface area contributed by atoms with Crippen molar-refractivity contribution < 1.29 is 14.1 Å². The molecule has 0 heterocycles. The highest BCUT2D eigenvalue weighted by Crippen LogP contribution is 2.06. The Morgan fingerprint density at radius 3 is 2.25 bits per heavy atom. The zero-order valence-electron chi connectivity index (χ0n) is 7.74. The number of carbonyl (C=O) groups is 1. The minimum Gasteiger partial charge on any atom is -0.480 e. The summed E-state index contributed by atoms with van der Waals surface area (Å²) in [7, 11) is -1.22. The summed E-state index contributed by atoms with van der Waals surface area (Å²) in [6, 6.07) is 0. The zero-order valence-corrected chi connectivity index (χ0v) is 8.56.